The smallest absolute Gasteiger partial charge is 0.456 e. The molecule has 0 heterocycles. The standard InChI is InChI=1S/C24H22O9Si2/c1-19(25)29-34(30-20(2)26,17-15-23-11-7-5-8-12-23)33-35(31-21(3)27,32-22(4)28)18-16-24-13-9-6-10-14-24/h5-14H,1-4H3. The summed E-state index contributed by atoms with van der Waals surface area (Å²) in [7, 11) is -9.33. The van der Waals surface area contributed by atoms with E-state index in [2.05, 4.69) is 22.9 Å². The Hall–Kier alpha value is -4.17. The summed E-state index contributed by atoms with van der Waals surface area (Å²) in [6.45, 7) is 4.20. The largest absolute Gasteiger partial charge is 0.724 e. The van der Waals surface area contributed by atoms with Gasteiger partial charge in [0.25, 0.3) is 23.9 Å². The van der Waals surface area contributed by atoms with Crippen molar-refractivity contribution in [3.63, 3.8) is 0 Å². The first kappa shape index (κ1) is 27.1. The van der Waals surface area contributed by atoms with E-state index in [0.717, 1.165) is 27.7 Å². The summed E-state index contributed by atoms with van der Waals surface area (Å²) < 4.78 is 27.0. The molecule has 0 fully saturated rings. The van der Waals surface area contributed by atoms with E-state index >= 15 is 0 Å². The van der Waals surface area contributed by atoms with Crippen LogP contribution in [0.4, 0.5) is 0 Å². The summed E-state index contributed by atoms with van der Waals surface area (Å²) in [4.78, 5) is 48.0. The Bertz CT molecular complexity index is 1080. The minimum Gasteiger partial charge on any atom is -0.456 e. The van der Waals surface area contributed by atoms with Crippen LogP contribution in [0.25, 0.3) is 0 Å². The molecule has 0 saturated carbocycles. The average molecular weight is 511 g/mol. The van der Waals surface area contributed by atoms with Gasteiger partial charge in [0.15, 0.2) is 0 Å². The van der Waals surface area contributed by atoms with Gasteiger partial charge in [-0.15, -0.1) is 0 Å². The summed E-state index contributed by atoms with van der Waals surface area (Å²) in [6.07, 6.45) is 0. The molecule has 9 nitrogen and oxygen atoms in total. The third kappa shape index (κ3) is 9.31. The van der Waals surface area contributed by atoms with Crippen molar-refractivity contribution in [2.45, 2.75) is 27.7 Å². The topological polar surface area (TPSA) is 114 Å². The van der Waals surface area contributed by atoms with Crippen molar-refractivity contribution >= 4 is 41.5 Å². The predicted octanol–water partition coefficient (Wildman–Crippen LogP) is 2.32. The maximum absolute atomic E-state index is 12.0. The van der Waals surface area contributed by atoms with Crippen LogP contribution in [-0.2, 0) is 41.0 Å². The molecule has 0 radical (unpaired) electrons. The number of carbonyl (C=O) groups excluding carboxylic acids is 4. The number of carbonyl (C=O) groups is 4. The lowest BCUT2D eigenvalue weighted by atomic mass is 10.2. The van der Waals surface area contributed by atoms with E-state index in [4.69, 9.17) is 21.8 Å². The molecule has 0 N–H and O–H groups in total. The van der Waals surface area contributed by atoms with Crippen molar-refractivity contribution in [2.75, 3.05) is 0 Å². The Morgan fingerprint density at radius 3 is 1.09 bits per heavy atom. The van der Waals surface area contributed by atoms with Crippen LogP contribution in [0.1, 0.15) is 38.8 Å². The van der Waals surface area contributed by atoms with Crippen molar-refractivity contribution in [3.05, 3.63) is 71.8 Å². The number of hydrogen-bond acceptors (Lipinski definition) is 9. The van der Waals surface area contributed by atoms with Gasteiger partial charge >= 0.3 is 17.6 Å². The molecule has 11 heteroatoms. The Balaban J connectivity index is 2.72. The molecule has 0 saturated heterocycles. The summed E-state index contributed by atoms with van der Waals surface area (Å²) in [6, 6.07) is 17.0. The minimum absolute atomic E-state index is 0.481. The number of rotatable bonds is 6. The van der Waals surface area contributed by atoms with Crippen molar-refractivity contribution in [1.29, 1.82) is 0 Å². The molecule has 0 aromatic heterocycles. The van der Waals surface area contributed by atoms with Crippen molar-refractivity contribution in [1.82, 2.24) is 0 Å². The van der Waals surface area contributed by atoms with Gasteiger partial charge in [0.2, 0.25) is 0 Å². The fraction of sp³-hybridized carbons (Fsp3) is 0.167. The zero-order valence-electron chi connectivity index (χ0n) is 19.4. The molecule has 0 aliphatic heterocycles. The first-order valence-electron chi connectivity index (χ1n) is 10.2. The lowest BCUT2D eigenvalue weighted by Crippen LogP contribution is -2.60. The van der Waals surface area contributed by atoms with Gasteiger partial charge in [-0.1, -0.05) is 48.2 Å². The highest BCUT2D eigenvalue weighted by atomic mass is 28.5. The summed E-state index contributed by atoms with van der Waals surface area (Å²) in [5.74, 6) is 1.86. The highest BCUT2D eigenvalue weighted by molar-refractivity contribution is 6.85. The second-order valence-electron chi connectivity index (χ2n) is 6.82. The van der Waals surface area contributed by atoms with Crippen LogP contribution in [0.15, 0.2) is 60.7 Å². The van der Waals surface area contributed by atoms with Crippen molar-refractivity contribution in [3.8, 4) is 22.9 Å². The van der Waals surface area contributed by atoms with E-state index in [0.29, 0.717) is 11.1 Å². The van der Waals surface area contributed by atoms with Gasteiger partial charge in [-0.3, -0.25) is 19.2 Å². The van der Waals surface area contributed by atoms with Gasteiger partial charge in [-0.25, -0.2) is 0 Å². The average Bonchev–Trinajstić information content (AvgIpc) is 2.76. The maximum Gasteiger partial charge on any atom is 0.724 e. The van der Waals surface area contributed by atoms with Crippen molar-refractivity contribution in [2.24, 2.45) is 0 Å². The van der Waals surface area contributed by atoms with E-state index in [1.165, 1.54) is 0 Å². The van der Waals surface area contributed by atoms with Crippen LogP contribution in [0.3, 0.4) is 0 Å². The molecule has 2 aromatic rings. The number of hydrogen-bond donors (Lipinski definition) is 0. The van der Waals surface area contributed by atoms with Gasteiger partial charge in [-0.2, -0.15) is 0 Å². The van der Waals surface area contributed by atoms with E-state index in [9.17, 15) is 19.2 Å². The Labute approximate surface area is 205 Å². The van der Waals surface area contributed by atoms with Gasteiger partial charge in [0.05, 0.1) is 0 Å². The molecule has 2 aromatic carbocycles. The third-order valence-electron chi connectivity index (χ3n) is 3.65. The maximum atomic E-state index is 12.0. The Kier molecular flexibility index (Phi) is 9.55. The van der Waals surface area contributed by atoms with Crippen LogP contribution in [-0.4, -0.2) is 41.5 Å². The second-order valence-corrected chi connectivity index (χ2v) is 11.2. The highest BCUT2D eigenvalue weighted by Gasteiger charge is 2.62. The fourth-order valence-electron chi connectivity index (χ4n) is 2.55. The van der Waals surface area contributed by atoms with E-state index in [-0.39, 0.29) is 0 Å². The molecule has 0 aliphatic rings. The molecule has 0 bridgehead atoms. The molecule has 0 amide bonds. The first-order chi connectivity index (χ1) is 16.5. The Morgan fingerprint density at radius 1 is 0.543 bits per heavy atom. The third-order valence-corrected chi connectivity index (χ3v) is 8.89. The molecule has 2 rings (SSSR count). The molecule has 0 atom stereocenters. The van der Waals surface area contributed by atoms with Gasteiger partial charge in [-0.05, 0) is 35.4 Å². The van der Waals surface area contributed by atoms with E-state index in [1.54, 1.807) is 60.7 Å². The molecular weight excluding hydrogens is 488 g/mol. The monoisotopic (exact) mass is 510 g/mol. The minimum atomic E-state index is -4.67. The molecule has 35 heavy (non-hydrogen) atoms. The molecule has 0 aliphatic carbocycles. The summed E-state index contributed by atoms with van der Waals surface area (Å²) >= 11 is 0. The van der Waals surface area contributed by atoms with Gasteiger partial charge < -0.3 is 21.8 Å². The molecular formula is C24H22O9Si2. The SMILES string of the molecule is CC(=O)O[Si](C#Cc1ccccc1)(OC(C)=O)O[Si](C#Cc1ccccc1)(OC(C)=O)OC(C)=O. The number of benzene rings is 2. The first-order valence-corrected chi connectivity index (χ1v) is 13.6. The summed E-state index contributed by atoms with van der Waals surface area (Å²) in [5.41, 5.74) is 6.12. The zero-order valence-corrected chi connectivity index (χ0v) is 21.4. The lowest BCUT2D eigenvalue weighted by Gasteiger charge is -2.29. The molecule has 180 valence electrons. The highest BCUT2D eigenvalue weighted by Crippen LogP contribution is 2.21. The Morgan fingerprint density at radius 2 is 0.829 bits per heavy atom. The van der Waals surface area contributed by atoms with Crippen LogP contribution >= 0.6 is 0 Å². The summed E-state index contributed by atoms with van der Waals surface area (Å²) in [5, 5.41) is 0. The molecule has 0 unspecified atom stereocenters. The second kappa shape index (κ2) is 12.3. The van der Waals surface area contributed by atoms with Crippen LogP contribution in [0, 0.1) is 22.9 Å². The van der Waals surface area contributed by atoms with Gasteiger partial charge in [0, 0.05) is 38.8 Å². The molecule has 0 spiro atoms. The van der Waals surface area contributed by atoms with Crippen LogP contribution < -0.4 is 0 Å². The lowest BCUT2D eigenvalue weighted by molar-refractivity contribution is -0.142. The zero-order chi connectivity index (χ0) is 25.9. The van der Waals surface area contributed by atoms with Crippen LogP contribution in [0.5, 0.6) is 0 Å². The van der Waals surface area contributed by atoms with Gasteiger partial charge in [0.1, 0.15) is 0 Å². The van der Waals surface area contributed by atoms with E-state index < -0.39 is 41.5 Å². The predicted molar refractivity (Wildman–Crippen MR) is 126 cm³/mol. The van der Waals surface area contributed by atoms with E-state index in [1.807, 2.05) is 0 Å². The van der Waals surface area contributed by atoms with Crippen molar-refractivity contribution < 1.29 is 41.0 Å². The fourth-order valence-corrected chi connectivity index (χ4v) is 7.44. The van der Waals surface area contributed by atoms with Crippen LogP contribution in [0.2, 0.25) is 0 Å². The quantitative estimate of drug-likeness (QED) is 0.426. The normalized spacial score (nSPS) is 10.4.